The quantitative estimate of drug-likeness (QED) is 0.577. The van der Waals surface area contributed by atoms with Crippen molar-refractivity contribution in [2.24, 2.45) is 0 Å². The average molecular weight is 286 g/mol. The fourth-order valence-corrected chi connectivity index (χ4v) is 1.75. The molecule has 2 rings (SSSR count). The molecule has 0 fully saturated rings. The van der Waals surface area contributed by atoms with Crippen LogP contribution in [0.4, 0.5) is 21.7 Å². The van der Waals surface area contributed by atoms with Gasteiger partial charge in [-0.25, -0.2) is 24.5 Å². The summed E-state index contributed by atoms with van der Waals surface area (Å²) in [6.45, 7) is 1.66. The highest BCUT2D eigenvalue weighted by Gasteiger charge is 2.17. The number of rotatable bonds is 3. The van der Waals surface area contributed by atoms with Gasteiger partial charge in [0.25, 0.3) is 0 Å². The normalized spacial score (nSPS) is 12.3. The van der Waals surface area contributed by atoms with Crippen molar-refractivity contribution < 1.29 is 14.8 Å². The van der Waals surface area contributed by atoms with Crippen LogP contribution in [0.1, 0.15) is 5.69 Å². The molecule has 0 amide bonds. The maximum Gasteiger partial charge on any atom is 0.227 e. The Balaban J connectivity index is 2.41. The number of nitrogens with one attached hydrogen (secondary N) is 2. The molecule has 0 saturated carbocycles. The number of anilines is 2. The molecule has 0 aliphatic carbocycles. The van der Waals surface area contributed by atoms with Gasteiger partial charge in [-0.3, -0.25) is 0 Å². The Bertz CT molecular complexity index is 593. The van der Waals surface area contributed by atoms with Gasteiger partial charge in [0, 0.05) is 5.69 Å². The molecule has 1 unspecified atom stereocenters. The van der Waals surface area contributed by atoms with Gasteiger partial charge >= 0.3 is 0 Å². The van der Waals surface area contributed by atoms with Crippen LogP contribution in [0.3, 0.4) is 0 Å². The first-order valence-electron chi connectivity index (χ1n) is 5.12. The van der Waals surface area contributed by atoms with E-state index in [9.17, 15) is 9.60 Å². The van der Waals surface area contributed by atoms with E-state index in [2.05, 4.69) is 20.3 Å². The second-order valence-electron chi connectivity index (χ2n) is 3.63. The predicted octanol–water partition coefficient (Wildman–Crippen LogP) is 1.12. The Morgan fingerprint density at radius 3 is 2.63 bits per heavy atom. The van der Waals surface area contributed by atoms with Crippen molar-refractivity contribution in [2.75, 3.05) is 5.32 Å². The summed E-state index contributed by atoms with van der Waals surface area (Å²) in [6, 6.07) is 1.49. The molecular weight excluding hydrogens is 277 g/mol. The fourth-order valence-electron chi connectivity index (χ4n) is 1.43. The van der Waals surface area contributed by atoms with Crippen molar-refractivity contribution in [2.45, 2.75) is 6.92 Å². The zero-order valence-corrected chi connectivity index (χ0v) is 10.4. The maximum absolute atomic E-state index is 12.7. The number of halogens is 2. The van der Waals surface area contributed by atoms with Crippen molar-refractivity contribution in [3.05, 3.63) is 40.3 Å². The summed E-state index contributed by atoms with van der Waals surface area (Å²) in [5.74, 6) is -0.529. The van der Waals surface area contributed by atoms with E-state index in [0.29, 0.717) is 5.69 Å². The van der Waals surface area contributed by atoms with Gasteiger partial charge < -0.3 is 10.5 Å². The standard InChI is InChI=1S/C10H9ClFN5O2/c1-5-2-7(8(17(18)19)9(11)15-5)16-10-13-3-6(12)4-14-10/h2-4,17-18H,1H3,(H,13,14,15,16). The lowest BCUT2D eigenvalue weighted by molar-refractivity contribution is -0.990. The van der Waals surface area contributed by atoms with E-state index in [0.717, 1.165) is 12.4 Å². The number of hydrogen-bond acceptors (Lipinski definition) is 6. The monoisotopic (exact) mass is 285 g/mol. The Morgan fingerprint density at radius 1 is 1.42 bits per heavy atom. The van der Waals surface area contributed by atoms with Gasteiger partial charge in [-0.1, -0.05) is 11.6 Å². The molecule has 2 heterocycles. The summed E-state index contributed by atoms with van der Waals surface area (Å²) >= 11 is 5.79. The van der Waals surface area contributed by atoms with Gasteiger partial charge in [-0.15, -0.1) is 0 Å². The van der Waals surface area contributed by atoms with Crippen molar-refractivity contribution in [3.63, 3.8) is 0 Å². The van der Waals surface area contributed by atoms with Crippen LogP contribution in [0.5, 0.6) is 0 Å². The first kappa shape index (κ1) is 13.6. The number of aryl methyl sites for hydroxylation is 1. The molecule has 0 spiro atoms. The first-order chi connectivity index (χ1) is 8.97. The van der Waals surface area contributed by atoms with E-state index in [1.54, 1.807) is 6.92 Å². The Kier molecular flexibility index (Phi) is 3.86. The van der Waals surface area contributed by atoms with Crippen LogP contribution in [0, 0.1) is 17.9 Å². The number of quaternary nitrogens is 1. The third-order valence-corrected chi connectivity index (χ3v) is 2.46. The molecule has 19 heavy (non-hydrogen) atoms. The molecule has 7 nitrogen and oxygen atoms in total. The molecule has 0 radical (unpaired) electrons. The molecule has 100 valence electrons. The van der Waals surface area contributed by atoms with Gasteiger partial charge in [0.05, 0.1) is 12.4 Å². The zero-order chi connectivity index (χ0) is 14.0. The largest absolute Gasteiger partial charge is 0.595 e. The lowest BCUT2D eigenvalue weighted by Gasteiger charge is -2.17. The molecule has 0 aromatic carbocycles. The highest BCUT2D eigenvalue weighted by molar-refractivity contribution is 6.32. The van der Waals surface area contributed by atoms with Crippen LogP contribution in [-0.4, -0.2) is 20.2 Å². The highest BCUT2D eigenvalue weighted by Crippen LogP contribution is 2.27. The van der Waals surface area contributed by atoms with E-state index in [1.807, 2.05) is 0 Å². The summed E-state index contributed by atoms with van der Waals surface area (Å²) < 4.78 is 12.7. The van der Waals surface area contributed by atoms with E-state index in [1.165, 1.54) is 6.07 Å². The minimum atomic E-state index is -1.23. The van der Waals surface area contributed by atoms with Crippen LogP contribution in [0.25, 0.3) is 0 Å². The fraction of sp³-hybridized carbons (Fsp3) is 0.100. The van der Waals surface area contributed by atoms with Crippen LogP contribution in [0.2, 0.25) is 5.15 Å². The Hall–Kier alpha value is -1.87. The molecule has 2 aromatic heterocycles. The van der Waals surface area contributed by atoms with Gasteiger partial charge in [0.1, 0.15) is 5.69 Å². The van der Waals surface area contributed by atoms with Crippen LogP contribution >= 0.6 is 11.6 Å². The maximum atomic E-state index is 12.7. The third kappa shape index (κ3) is 3.12. The summed E-state index contributed by atoms with van der Waals surface area (Å²) in [5, 5.41) is 21.5. The zero-order valence-electron chi connectivity index (χ0n) is 9.69. The second-order valence-corrected chi connectivity index (χ2v) is 3.99. The third-order valence-electron chi connectivity index (χ3n) is 2.18. The molecule has 2 aromatic rings. The average Bonchev–Trinajstić information content (AvgIpc) is 2.30. The molecule has 0 saturated heterocycles. The molecule has 1 atom stereocenters. The Morgan fingerprint density at radius 2 is 2.05 bits per heavy atom. The lowest BCUT2D eigenvalue weighted by Crippen LogP contribution is -2.99. The summed E-state index contributed by atoms with van der Waals surface area (Å²) in [6.07, 6.45) is 1.93. The van der Waals surface area contributed by atoms with Crippen molar-refractivity contribution in [1.29, 1.82) is 0 Å². The van der Waals surface area contributed by atoms with E-state index < -0.39 is 11.0 Å². The smallest absolute Gasteiger partial charge is 0.227 e. The van der Waals surface area contributed by atoms with E-state index in [-0.39, 0.29) is 22.5 Å². The van der Waals surface area contributed by atoms with Gasteiger partial charge in [0.2, 0.25) is 11.6 Å². The second kappa shape index (κ2) is 5.41. The Labute approximate surface area is 112 Å². The summed E-state index contributed by atoms with van der Waals surface area (Å²) in [7, 11) is 0. The van der Waals surface area contributed by atoms with Crippen molar-refractivity contribution >= 4 is 28.9 Å². The predicted molar refractivity (Wildman–Crippen MR) is 65.0 cm³/mol. The van der Waals surface area contributed by atoms with Crippen LogP contribution < -0.4 is 10.5 Å². The van der Waals surface area contributed by atoms with Crippen LogP contribution in [-0.2, 0) is 0 Å². The molecular formula is C10H9ClFN5O2. The number of nitrogens with zero attached hydrogens (tertiary/aromatic N) is 3. The van der Waals surface area contributed by atoms with E-state index >= 15 is 0 Å². The molecule has 3 N–H and O–H groups in total. The molecule has 9 heteroatoms. The lowest BCUT2D eigenvalue weighted by atomic mass is 10.3. The van der Waals surface area contributed by atoms with Crippen molar-refractivity contribution in [1.82, 2.24) is 15.0 Å². The van der Waals surface area contributed by atoms with Crippen molar-refractivity contribution in [3.8, 4) is 0 Å². The highest BCUT2D eigenvalue weighted by atomic mass is 35.5. The minimum Gasteiger partial charge on any atom is -0.595 e. The SMILES string of the molecule is Cc1cc(Nc2ncc(F)cn2)c([NH+]([O-])O)c(Cl)n1. The molecule has 0 bridgehead atoms. The number of pyridine rings is 1. The molecule has 0 aliphatic heterocycles. The van der Waals surface area contributed by atoms with Gasteiger partial charge in [-0.05, 0) is 13.0 Å². The summed E-state index contributed by atoms with van der Waals surface area (Å²) in [5.41, 5.74) is 0.524. The number of aromatic nitrogens is 3. The van der Waals surface area contributed by atoms with Crippen LogP contribution in [0.15, 0.2) is 18.5 Å². The summed E-state index contributed by atoms with van der Waals surface area (Å²) in [4.78, 5) is 11.2. The minimum absolute atomic E-state index is 0.0607. The van der Waals surface area contributed by atoms with Gasteiger partial charge in [0.15, 0.2) is 11.0 Å². The first-order valence-corrected chi connectivity index (χ1v) is 5.50. The van der Waals surface area contributed by atoms with Gasteiger partial charge in [-0.2, -0.15) is 5.23 Å². The topological polar surface area (TPSA) is 98.4 Å². The number of hydrogen-bond donors (Lipinski definition) is 3. The van der Waals surface area contributed by atoms with E-state index in [4.69, 9.17) is 16.8 Å². The molecule has 0 aliphatic rings.